The van der Waals surface area contributed by atoms with Gasteiger partial charge in [0.2, 0.25) is 5.71 Å². The van der Waals surface area contributed by atoms with E-state index in [0.29, 0.717) is 47.2 Å². The number of imidazole rings is 1. The molecule has 0 unspecified atom stereocenters. The highest BCUT2D eigenvalue weighted by atomic mass is 32.3. The van der Waals surface area contributed by atoms with Gasteiger partial charge in [0.15, 0.2) is 0 Å². The van der Waals surface area contributed by atoms with Gasteiger partial charge in [-0.15, -0.1) is 0 Å². The zero-order valence-electron chi connectivity index (χ0n) is 27.8. The van der Waals surface area contributed by atoms with Crippen molar-refractivity contribution in [2.24, 2.45) is 4.40 Å². The number of rotatable bonds is 9. The van der Waals surface area contributed by atoms with E-state index in [4.69, 9.17) is 19.6 Å². The lowest BCUT2D eigenvalue weighted by molar-refractivity contribution is -0.124. The Hall–Kier alpha value is -4.68. The maximum Gasteiger partial charge on any atom is 0.333 e. The normalized spacial score (nSPS) is 19.9. The number of carbonyl (C=O) groups excluding carboxylic acids is 1. The number of nitrogen functional groups attached to an aromatic ring is 1. The fourth-order valence-electron chi connectivity index (χ4n) is 6.91. The summed E-state index contributed by atoms with van der Waals surface area (Å²) in [5.74, 6) is 1.18. The molecule has 13 nitrogen and oxygen atoms in total. The molecule has 0 spiro atoms. The fourth-order valence-corrected chi connectivity index (χ4v) is 8.65. The average Bonchev–Trinajstić information content (AvgIpc) is 3.66. The monoisotopic (exact) mass is 683 g/mol. The summed E-state index contributed by atoms with van der Waals surface area (Å²) < 4.78 is 21.6. The number of amides is 1. The molecule has 1 atom stereocenters. The van der Waals surface area contributed by atoms with Crippen molar-refractivity contribution in [2.75, 3.05) is 64.2 Å². The molecule has 2 N–H and O–H groups in total. The maximum atomic E-state index is 14.1. The Labute approximate surface area is 286 Å². The molecule has 4 aromatic rings. The zero-order chi connectivity index (χ0) is 34.1. The molecule has 3 saturated heterocycles. The van der Waals surface area contributed by atoms with Crippen LogP contribution in [-0.4, -0.2) is 110 Å². The lowest BCUT2D eigenvalue weighted by Crippen LogP contribution is -2.56. The molecule has 7 rings (SSSR count). The van der Waals surface area contributed by atoms with E-state index >= 15 is 0 Å². The molecule has 3 aliphatic rings. The smallest absolute Gasteiger partial charge is 0.333 e. The number of aromatic nitrogens is 3. The van der Waals surface area contributed by atoms with Crippen LogP contribution >= 0.6 is 10.4 Å². The molecule has 0 bridgehead atoms. The predicted molar refractivity (Wildman–Crippen MR) is 191 cm³/mol. The molecule has 256 valence electrons. The summed E-state index contributed by atoms with van der Waals surface area (Å²) in [5, 5.41) is 10.2. The first-order valence-corrected chi connectivity index (χ1v) is 18.9. The van der Waals surface area contributed by atoms with E-state index in [0.717, 1.165) is 45.8 Å². The first-order valence-electron chi connectivity index (χ1n) is 16.5. The van der Waals surface area contributed by atoms with Crippen molar-refractivity contribution in [1.29, 1.82) is 5.26 Å². The lowest BCUT2D eigenvalue weighted by atomic mass is 10.2. The molecule has 2 aromatic heterocycles. The van der Waals surface area contributed by atoms with Gasteiger partial charge < -0.3 is 20.1 Å². The van der Waals surface area contributed by atoms with Crippen LogP contribution in [0.2, 0.25) is 0 Å². The summed E-state index contributed by atoms with van der Waals surface area (Å²) >= 11 is 0. The van der Waals surface area contributed by atoms with E-state index in [1.54, 1.807) is 38.4 Å². The summed E-state index contributed by atoms with van der Waals surface area (Å²) in [6.07, 6.45) is 7.11. The van der Waals surface area contributed by atoms with Gasteiger partial charge in [0.25, 0.3) is 5.91 Å². The second-order valence-electron chi connectivity index (χ2n) is 12.9. The van der Waals surface area contributed by atoms with Crippen LogP contribution in [0.1, 0.15) is 12.8 Å². The Bertz CT molecular complexity index is 1960. The third-order valence-corrected chi connectivity index (χ3v) is 11.9. The number of piperazine rings is 1. The standard InChI is InChI=1S/C35H41N9O4S/c1-49(2,41-19-17-40(18-20-41)27-23-47-24-27)39-30(21-36)34(45)42-16-6-7-26(42)22-43-31-14-15-38-33(37)32(31)44(35(43)46)25-10-12-29(13-11-25)48-28-8-4-3-5-9-28/h3-5,8-15,26-27H,6-7,16-20,22-24H2,1-2H3,(H2,37,38)/t26-/m0/s1. The van der Waals surface area contributed by atoms with Gasteiger partial charge in [-0.3, -0.25) is 18.8 Å². The quantitative estimate of drug-likeness (QED) is 0.262. The number of nitrogens with zero attached hydrogens (tertiary/aromatic N) is 8. The number of hydrogen-bond acceptors (Lipinski definition) is 10. The highest BCUT2D eigenvalue weighted by molar-refractivity contribution is 8.29. The molecular weight excluding hydrogens is 643 g/mol. The number of pyridine rings is 1. The highest BCUT2D eigenvalue weighted by Crippen LogP contribution is 2.46. The van der Waals surface area contributed by atoms with Crippen molar-refractivity contribution in [3.05, 3.63) is 77.3 Å². The number of benzene rings is 2. The van der Waals surface area contributed by atoms with E-state index in [1.165, 1.54) is 0 Å². The van der Waals surface area contributed by atoms with E-state index in [9.17, 15) is 14.9 Å². The van der Waals surface area contributed by atoms with E-state index in [-0.39, 0.29) is 35.7 Å². The molecule has 1 amide bonds. The highest BCUT2D eigenvalue weighted by Gasteiger charge is 2.36. The number of para-hydroxylation sites is 1. The molecule has 0 radical (unpaired) electrons. The van der Waals surface area contributed by atoms with Gasteiger partial charge in [0.05, 0.1) is 36.5 Å². The molecule has 3 aliphatic heterocycles. The summed E-state index contributed by atoms with van der Waals surface area (Å²) in [7, 11) is -1.77. The Morgan fingerprint density at radius 3 is 2.43 bits per heavy atom. The minimum absolute atomic E-state index is 0.0808. The largest absolute Gasteiger partial charge is 0.457 e. The van der Waals surface area contributed by atoms with Crippen LogP contribution in [0.5, 0.6) is 11.5 Å². The molecule has 2 aromatic carbocycles. The zero-order valence-corrected chi connectivity index (χ0v) is 28.6. The molecule has 0 aliphatic carbocycles. The number of nitriles is 1. The maximum absolute atomic E-state index is 14.1. The third-order valence-electron chi connectivity index (χ3n) is 9.64. The van der Waals surface area contributed by atoms with Crippen LogP contribution in [0, 0.1) is 11.3 Å². The van der Waals surface area contributed by atoms with Gasteiger partial charge >= 0.3 is 5.69 Å². The second kappa shape index (κ2) is 13.7. The molecule has 0 saturated carbocycles. The predicted octanol–water partition coefficient (Wildman–Crippen LogP) is 3.43. The van der Waals surface area contributed by atoms with Crippen molar-refractivity contribution in [3.8, 4) is 23.3 Å². The molecule has 3 fully saturated rings. The van der Waals surface area contributed by atoms with Crippen LogP contribution in [-0.2, 0) is 16.1 Å². The van der Waals surface area contributed by atoms with Crippen molar-refractivity contribution in [1.82, 2.24) is 28.2 Å². The summed E-state index contributed by atoms with van der Waals surface area (Å²) in [6.45, 7) is 5.79. The van der Waals surface area contributed by atoms with Gasteiger partial charge in [-0.25, -0.2) is 18.5 Å². The van der Waals surface area contributed by atoms with Crippen LogP contribution < -0.4 is 16.2 Å². The van der Waals surface area contributed by atoms with Crippen LogP contribution in [0.4, 0.5) is 5.82 Å². The van der Waals surface area contributed by atoms with Crippen molar-refractivity contribution >= 4 is 38.9 Å². The first-order chi connectivity index (χ1) is 23.7. The van der Waals surface area contributed by atoms with Gasteiger partial charge in [-0.2, -0.15) is 5.26 Å². The third kappa shape index (κ3) is 6.54. The Balaban J connectivity index is 1.12. The van der Waals surface area contributed by atoms with E-state index in [1.807, 2.05) is 55.0 Å². The lowest BCUT2D eigenvalue weighted by Gasteiger charge is -2.47. The number of hydrogen-bond donors (Lipinski definition) is 1. The van der Waals surface area contributed by atoms with E-state index in [2.05, 4.69) is 20.3 Å². The molecule has 5 heterocycles. The Morgan fingerprint density at radius 2 is 1.76 bits per heavy atom. The van der Waals surface area contributed by atoms with Crippen LogP contribution in [0.25, 0.3) is 16.7 Å². The number of carbonyl (C=O) groups is 1. The fraction of sp³-hybridized carbons (Fsp3) is 0.400. The average molecular weight is 684 g/mol. The number of fused-ring (bicyclic) bond motifs is 1. The molecule has 49 heavy (non-hydrogen) atoms. The first kappa shape index (κ1) is 32.8. The minimum atomic E-state index is -1.77. The Morgan fingerprint density at radius 1 is 1.04 bits per heavy atom. The summed E-state index contributed by atoms with van der Waals surface area (Å²) in [4.78, 5) is 36.5. The van der Waals surface area contributed by atoms with Crippen molar-refractivity contribution in [3.63, 3.8) is 0 Å². The number of ether oxygens (including phenoxy) is 2. The van der Waals surface area contributed by atoms with Crippen molar-refractivity contribution < 1.29 is 14.3 Å². The Kier molecular flexibility index (Phi) is 9.17. The van der Waals surface area contributed by atoms with E-state index < -0.39 is 10.4 Å². The number of anilines is 1. The number of nitrogens with two attached hydrogens (primary N) is 1. The SMILES string of the molecule is CS(C)(N=C(C#N)C(=O)N1CCC[C@H]1Cn1c(=O)n(-c2ccc(Oc3ccccc3)cc2)c2c(N)nccc21)N1CCN(C2COC2)CC1. The topological polar surface area (TPSA) is 147 Å². The van der Waals surface area contributed by atoms with Gasteiger partial charge in [0, 0.05) is 45.5 Å². The van der Waals surface area contributed by atoms with Crippen LogP contribution in [0.3, 0.4) is 0 Å². The minimum Gasteiger partial charge on any atom is -0.457 e. The molecule has 14 heteroatoms. The molecular formula is C35H41N9O4S. The summed E-state index contributed by atoms with van der Waals surface area (Å²) in [5.41, 5.74) is 7.72. The van der Waals surface area contributed by atoms with Crippen molar-refractivity contribution in [2.45, 2.75) is 31.5 Å². The van der Waals surface area contributed by atoms with Crippen LogP contribution in [0.15, 0.2) is 76.1 Å². The van der Waals surface area contributed by atoms with Gasteiger partial charge in [-0.1, -0.05) is 28.6 Å². The second-order valence-corrected chi connectivity index (χ2v) is 16.1. The van der Waals surface area contributed by atoms with Gasteiger partial charge in [-0.05, 0) is 67.8 Å². The van der Waals surface area contributed by atoms with Gasteiger partial charge in [0.1, 0.15) is 28.9 Å². The summed E-state index contributed by atoms with van der Waals surface area (Å²) in [6, 6.07) is 20.8. The number of likely N-dealkylation sites (tertiary alicyclic amines) is 1.